The molecule has 0 bridgehead atoms. The first-order chi connectivity index (χ1) is 17.9. The predicted octanol–water partition coefficient (Wildman–Crippen LogP) is 5.27. The van der Waals surface area contributed by atoms with Crippen LogP contribution in [0.2, 0.25) is 0 Å². The molecule has 4 rings (SSSR count). The number of aliphatic hydroxyl groups is 1. The molecular weight excluding hydrogens is 468 g/mol. The summed E-state index contributed by atoms with van der Waals surface area (Å²) in [5, 5.41) is 11.4. The molecule has 1 aliphatic rings. The number of benzene rings is 3. The molecule has 198 valence electrons. The van der Waals surface area contributed by atoms with Crippen LogP contribution in [-0.2, 0) is 43.5 Å². The molecule has 37 heavy (non-hydrogen) atoms. The molecule has 0 unspecified atom stereocenters. The van der Waals surface area contributed by atoms with E-state index in [-0.39, 0.29) is 6.61 Å². The molecular formula is C31H38O6. The summed E-state index contributed by atoms with van der Waals surface area (Å²) in [5.74, 6) is 0. The summed E-state index contributed by atoms with van der Waals surface area (Å²) < 4.78 is 31.2. The minimum atomic E-state index is -1.05. The first-order valence-corrected chi connectivity index (χ1v) is 12.8. The van der Waals surface area contributed by atoms with Gasteiger partial charge < -0.3 is 28.8 Å². The second-order valence-electron chi connectivity index (χ2n) is 10.3. The third-order valence-electron chi connectivity index (χ3n) is 6.05. The Labute approximate surface area is 220 Å². The van der Waals surface area contributed by atoms with Gasteiger partial charge >= 0.3 is 0 Å². The Balaban J connectivity index is 1.54. The van der Waals surface area contributed by atoms with Crippen molar-refractivity contribution >= 4 is 0 Å². The zero-order chi connectivity index (χ0) is 26.1. The van der Waals surface area contributed by atoms with E-state index in [0.29, 0.717) is 19.8 Å². The molecule has 6 heteroatoms. The molecule has 0 aromatic heterocycles. The van der Waals surface area contributed by atoms with Crippen LogP contribution in [-0.4, -0.2) is 48.0 Å². The van der Waals surface area contributed by atoms with Gasteiger partial charge in [0.05, 0.1) is 32.0 Å². The first-order valence-electron chi connectivity index (χ1n) is 12.8. The van der Waals surface area contributed by atoms with E-state index < -0.39 is 36.3 Å². The van der Waals surface area contributed by atoms with Crippen molar-refractivity contribution in [2.24, 2.45) is 0 Å². The summed E-state index contributed by atoms with van der Waals surface area (Å²) in [6.45, 7) is 7.18. The maximum Gasteiger partial charge on any atom is 0.187 e. The van der Waals surface area contributed by atoms with Gasteiger partial charge in [-0.3, -0.25) is 0 Å². The minimum absolute atomic E-state index is 0.260. The predicted molar refractivity (Wildman–Crippen MR) is 142 cm³/mol. The first kappa shape index (κ1) is 27.5. The standard InChI is InChI=1S/C31H38O6/c1-31(2,3)37-30-27(32)29(35-21-25-17-11-6-12-18-25)28(34-20-24-15-9-5-10-16-24)26(36-30)22-33-19-23-13-7-4-8-14-23/h4-18,26-30,32H,19-22H2,1-3H3/t26-,27+,28+,29-,30+/m1/s1. The lowest BCUT2D eigenvalue weighted by atomic mass is 9.97. The lowest BCUT2D eigenvalue weighted by Crippen LogP contribution is -2.61. The molecule has 0 spiro atoms. The summed E-state index contributed by atoms with van der Waals surface area (Å²) in [4.78, 5) is 0. The van der Waals surface area contributed by atoms with Gasteiger partial charge in [-0.1, -0.05) is 91.0 Å². The van der Waals surface area contributed by atoms with Gasteiger partial charge in [0.1, 0.15) is 24.4 Å². The maximum absolute atomic E-state index is 11.4. The number of hydrogen-bond acceptors (Lipinski definition) is 6. The van der Waals surface area contributed by atoms with Gasteiger partial charge in [0.2, 0.25) is 0 Å². The fourth-order valence-corrected chi connectivity index (χ4v) is 4.27. The van der Waals surface area contributed by atoms with Crippen LogP contribution in [0.25, 0.3) is 0 Å². The van der Waals surface area contributed by atoms with Gasteiger partial charge in [0.15, 0.2) is 6.29 Å². The van der Waals surface area contributed by atoms with E-state index in [1.807, 2.05) is 112 Å². The molecule has 0 radical (unpaired) electrons. The molecule has 0 saturated carbocycles. The van der Waals surface area contributed by atoms with Crippen molar-refractivity contribution in [1.29, 1.82) is 0 Å². The summed E-state index contributed by atoms with van der Waals surface area (Å²) in [6, 6.07) is 29.8. The number of aliphatic hydroxyl groups excluding tert-OH is 1. The zero-order valence-corrected chi connectivity index (χ0v) is 21.9. The van der Waals surface area contributed by atoms with Crippen molar-refractivity contribution in [3.63, 3.8) is 0 Å². The van der Waals surface area contributed by atoms with Gasteiger partial charge in [-0.2, -0.15) is 0 Å². The van der Waals surface area contributed by atoms with E-state index in [2.05, 4.69) is 0 Å². The molecule has 0 amide bonds. The lowest BCUT2D eigenvalue weighted by Gasteiger charge is -2.45. The van der Waals surface area contributed by atoms with Crippen LogP contribution < -0.4 is 0 Å². The number of hydrogen-bond donors (Lipinski definition) is 1. The molecule has 1 saturated heterocycles. The van der Waals surface area contributed by atoms with E-state index in [9.17, 15) is 5.11 Å². The van der Waals surface area contributed by atoms with Gasteiger partial charge in [0.25, 0.3) is 0 Å². The van der Waals surface area contributed by atoms with E-state index in [0.717, 1.165) is 16.7 Å². The second-order valence-corrected chi connectivity index (χ2v) is 10.3. The zero-order valence-electron chi connectivity index (χ0n) is 21.9. The molecule has 5 atom stereocenters. The molecule has 0 aliphatic carbocycles. The third kappa shape index (κ3) is 8.47. The maximum atomic E-state index is 11.4. The third-order valence-corrected chi connectivity index (χ3v) is 6.05. The highest BCUT2D eigenvalue weighted by atomic mass is 16.7. The van der Waals surface area contributed by atoms with Crippen molar-refractivity contribution in [3.05, 3.63) is 108 Å². The van der Waals surface area contributed by atoms with Crippen LogP contribution in [0.15, 0.2) is 91.0 Å². The highest BCUT2D eigenvalue weighted by molar-refractivity contribution is 5.15. The summed E-state index contributed by atoms with van der Waals surface area (Å²) in [7, 11) is 0. The van der Waals surface area contributed by atoms with E-state index >= 15 is 0 Å². The van der Waals surface area contributed by atoms with Crippen LogP contribution in [0.1, 0.15) is 37.5 Å². The topological polar surface area (TPSA) is 66.4 Å². The average molecular weight is 507 g/mol. The second kappa shape index (κ2) is 13.3. The van der Waals surface area contributed by atoms with Crippen LogP contribution >= 0.6 is 0 Å². The Kier molecular flexibility index (Phi) is 9.86. The molecule has 1 fully saturated rings. The summed E-state index contributed by atoms with van der Waals surface area (Å²) in [5.41, 5.74) is 2.58. The highest BCUT2D eigenvalue weighted by Crippen LogP contribution is 2.31. The lowest BCUT2D eigenvalue weighted by molar-refractivity contribution is -0.335. The quantitative estimate of drug-likeness (QED) is 0.382. The number of rotatable bonds is 11. The fraction of sp³-hybridized carbons (Fsp3) is 0.419. The normalized spacial score (nSPS) is 24.2. The van der Waals surface area contributed by atoms with Crippen molar-refractivity contribution in [2.75, 3.05) is 6.61 Å². The smallest absolute Gasteiger partial charge is 0.187 e. The monoisotopic (exact) mass is 506 g/mol. The minimum Gasteiger partial charge on any atom is -0.385 e. The molecule has 3 aromatic rings. The van der Waals surface area contributed by atoms with Crippen molar-refractivity contribution < 1.29 is 28.8 Å². The average Bonchev–Trinajstić information content (AvgIpc) is 2.90. The van der Waals surface area contributed by atoms with Crippen LogP contribution in [0.5, 0.6) is 0 Å². The van der Waals surface area contributed by atoms with Gasteiger partial charge in [-0.25, -0.2) is 0 Å². The van der Waals surface area contributed by atoms with Crippen molar-refractivity contribution in [1.82, 2.24) is 0 Å². The van der Waals surface area contributed by atoms with E-state index in [1.165, 1.54) is 0 Å². The Morgan fingerprint density at radius 3 is 1.62 bits per heavy atom. The Bertz CT molecular complexity index is 1040. The van der Waals surface area contributed by atoms with Gasteiger partial charge in [-0.15, -0.1) is 0 Å². The SMILES string of the molecule is CC(C)(C)O[C@@H]1O[C@H](COCc2ccccc2)[C@H](OCc2ccccc2)[C@H](OCc2ccccc2)[C@@H]1O. The Hall–Kier alpha value is -2.58. The number of ether oxygens (including phenoxy) is 5. The largest absolute Gasteiger partial charge is 0.385 e. The molecule has 3 aromatic carbocycles. The summed E-state index contributed by atoms with van der Waals surface area (Å²) >= 11 is 0. The highest BCUT2D eigenvalue weighted by Gasteiger charge is 2.48. The van der Waals surface area contributed by atoms with Crippen LogP contribution in [0.3, 0.4) is 0 Å². The van der Waals surface area contributed by atoms with E-state index in [1.54, 1.807) is 0 Å². The van der Waals surface area contributed by atoms with Crippen molar-refractivity contribution in [3.8, 4) is 0 Å². The molecule has 1 N–H and O–H groups in total. The fourth-order valence-electron chi connectivity index (χ4n) is 4.27. The molecule has 6 nitrogen and oxygen atoms in total. The molecule has 1 heterocycles. The molecule has 1 aliphatic heterocycles. The van der Waals surface area contributed by atoms with Crippen LogP contribution in [0, 0.1) is 0 Å². The van der Waals surface area contributed by atoms with Crippen molar-refractivity contribution in [2.45, 2.75) is 76.9 Å². The van der Waals surface area contributed by atoms with Gasteiger partial charge in [0, 0.05) is 0 Å². The Morgan fingerprint density at radius 1 is 0.676 bits per heavy atom. The summed E-state index contributed by atoms with van der Waals surface area (Å²) in [6.07, 6.45) is -3.70. The Morgan fingerprint density at radius 2 is 1.14 bits per heavy atom. The van der Waals surface area contributed by atoms with E-state index in [4.69, 9.17) is 23.7 Å². The van der Waals surface area contributed by atoms with Crippen LogP contribution in [0.4, 0.5) is 0 Å². The van der Waals surface area contributed by atoms with Gasteiger partial charge in [-0.05, 0) is 37.5 Å².